The third-order valence-corrected chi connectivity index (χ3v) is 4.09. The number of benzene rings is 2. The average molecular weight is 404 g/mol. The van der Waals surface area contributed by atoms with Gasteiger partial charge in [0, 0.05) is 10.5 Å². The number of aromatic nitrogens is 2. The fraction of sp³-hybridized carbons (Fsp3) is 0.118. The Bertz CT molecular complexity index is 910. The van der Waals surface area contributed by atoms with Crippen LogP contribution in [0.3, 0.4) is 0 Å². The van der Waals surface area contributed by atoms with Crippen LogP contribution in [0.15, 0.2) is 51.4 Å². The van der Waals surface area contributed by atoms with E-state index in [4.69, 9.17) is 13.9 Å². The summed E-state index contributed by atoms with van der Waals surface area (Å²) in [5.41, 5.74) is 1.06. The second-order valence-corrected chi connectivity index (χ2v) is 5.77. The van der Waals surface area contributed by atoms with Gasteiger partial charge in [-0.2, -0.15) is 0 Å². The highest BCUT2D eigenvalue weighted by atomic mass is 79.9. The number of nitrogens with one attached hydrogen (secondary N) is 1. The van der Waals surface area contributed by atoms with E-state index >= 15 is 0 Å². The zero-order valence-electron chi connectivity index (χ0n) is 13.4. The lowest BCUT2D eigenvalue weighted by atomic mass is 10.2. The number of halogens is 1. The minimum atomic E-state index is -0.357. The van der Waals surface area contributed by atoms with Crippen LogP contribution in [-0.4, -0.2) is 30.3 Å². The molecule has 1 N–H and O–H groups in total. The van der Waals surface area contributed by atoms with Crippen LogP contribution in [0.2, 0.25) is 0 Å². The molecule has 128 valence electrons. The van der Waals surface area contributed by atoms with Crippen LogP contribution in [0, 0.1) is 0 Å². The second kappa shape index (κ2) is 7.35. The highest BCUT2D eigenvalue weighted by molar-refractivity contribution is 9.10. The Hall–Kier alpha value is -2.87. The molecule has 0 saturated carbocycles. The van der Waals surface area contributed by atoms with Crippen LogP contribution in [0.5, 0.6) is 11.5 Å². The van der Waals surface area contributed by atoms with Gasteiger partial charge in [-0.15, -0.1) is 5.10 Å². The number of amides is 1. The van der Waals surface area contributed by atoms with Gasteiger partial charge in [0.25, 0.3) is 11.8 Å². The van der Waals surface area contributed by atoms with Crippen molar-refractivity contribution in [3.05, 3.63) is 52.5 Å². The van der Waals surface area contributed by atoms with E-state index < -0.39 is 0 Å². The Morgan fingerprint density at radius 1 is 1.12 bits per heavy atom. The van der Waals surface area contributed by atoms with Crippen molar-refractivity contribution in [3.63, 3.8) is 0 Å². The maximum atomic E-state index is 12.3. The monoisotopic (exact) mass is 403 g/mol. The number of hydrogen-bond donors (Lipinski definition) is 1. The van der Waals surface area contributed by atoms with Crippen molar-refractivity contribution in [1.29, 1.82) is 0 Å². The van der Waals surface area contributed by atoms with Gasteiger partial charge in [0.2, 0.25) is 0 Å². The first-order valence-electron chi connectivity index (χ1n) is 7.24. The van der Waals surface area contributed by atoms with Crippen molar-refractivity contribution in [2.75, 3.05) is 19.5 Å². The number of hydrogen-bond acceptors (Lipinski definition) is 6. The number of carbonyl (C=O) groups is 1. The lowest BCUT2D eigenvalue weighted by Crippen LogP contribution is -2.12. The molecule has 0 aliphatic heterocycles. The molecule has 2 aromatic carbocycles. The first-order valence-corrected chi connectivity index (χ1v) is 8.03. The van der Waals surface area contributed by atoms with E-state index in [0.29, 0.717) is 27.1 Å². The van der Waals surface area contributed by atoms with Gasteiger partial charge in [0.1, 0.15) is 11.5 Å². The molecule has 8 heteroatoms. The summed E-state index contributed by atoms with van der Waals surface area (Å²) in [6.07, 6.45) is 0. The average Bonchev–Trinajstić information content (AvgIpc) is 3.09. The third kappa shape index (κ3) is 3.63. The van der Waals surface area contributed by atoms with Crippen molar-refractivity contribution >= 4 is 27.9 Å². The van der Waals surface area contributed by atoms with Gasteiger partial charge >= 0.3 is 6.01 Å². The van der Waals surface area contributed by atoms with Gasteiger partial charge in [0.15, 0.2) is 0 Å². The highest BCUT2D eigenvalue weighted by Gasteiger charge is 2.17. The molecule has 3 aromatic rings. The summed E-state index contributed by atoms with van der Waals surface area (Å²) in [5, 5.41) is 10.4. The maximum absolute atomic E-state index is 12.3. The molecule has 0 saturated heterocycles. The van der Waals surface area contributed by atoms with E-state index in [9.17, 15) is 4.79 Å². The lowest BCUT2D eigenvalue weighted by Gasteiger charge is -2.07. The quantitative estimate of drug-likeness (QED) is 0.697. The van der Waals surface area contributed by atoms with Gasteiger partial charge in [-0.1, -0.05) is 17.2 Å². The fourth-order valence-electron chi connectivity index (χ4n) is 2.17. The lowest BCUT2D eigenvalue weighted by molar-refractivity contribution is 0.102. The molecule has 0 spiro atoms. The van der Waals surface area contributed by atoms with E-state index in [1.165, 1.54) is 7.11 Å². The van der Waals surface area contributed by atoms with Crippen LogP contribution < -0.4 is 14.8 Å². The Morgan fingerprint density at radius 3 is 2.64 bits per heavy atom. The summed E-state index contributed by atoms with van der Waals surface area (Å²) in [6, 6.07) is 12.2. The van der Waals surface area contributed by atoms with Crippen molar-refractivity contribution < 1.29 is 18.7 Å². The van der Waals surface area contributed by atoms with Gasteiger partial charge in [0.05, 0.1) is 25.3 Å². The van der Waals surface area contributed by atoms with Gasteiger partial charge in [-0.3, -0.25) is 10.1 Å². The minimum Gasteiger partial charge on any atom is -0.497 e. The van der Waals surface area contributed by atoms with Crippen LogP contribution in [0.25, 0.3) is 11.5 Å². The van der Waals surface area contributed by atoms with Crippen molar-refractivity contribution in [2.24, 2.45) is 0 Å². The molecular weight excluding hydrogens is 390 g/mol. The molecule has 0 atom stereocenters. The van der Waals surface area contributed by atoms with Crippen molar-refractivity contribution in [1.82, 2.24) is 10.2 Å². The number of rotatable bonds is 5. The Labute approximate surface area is 152 Å². The number of carbonyl (C=O) groups excluding carboxylic acids is 1. The molecule has 0 bridgehead atoms. The second-order valence-electron chi connectivity index (χ2n) is 4.91. The third-order valence-electron chi connectivity index (χ3n) is 3.40. The van der Waals surface area contributed by atoms with E-state index in [1.54, 1.807) is 43.5 Å². The molecular formula is C17H14BrN3O4. The topological polar surface area (TPSA) is 86.5 Å². The van der Waals surface area contributed by atoms with Crippen LogP contribution in [-0.2, 0) is 0 Å². The number of ether oxygens (including phenoxy) is 2. The van der Waals surface area contributed by atoms with Gasteiger partial charge in [-0.25, -0.2) is 0 Å². The first-order chi connectivity index (χ1) is 12.1. The molecule has 1 amide bonds. The molecule has 3 rings (SSSR count). The number of nitrogens with zero attached hydrogens (tertiary/aromatic N) is 2. The molecule has 25 heavy (non-hydrogen) atoms. The molecule has 0 aliphatic rings. The molecule has 0 unspecified atom stereocenters. The molecule has 0 radical (unpaired) electrons. The summed E-state index contributed by atoms with van der Waals surface area (Å²) in [4.78, 5) is 12.3. The van der Waals surface area contributed by atoms with E-state index in [1.807, 2.05) is 6.07 Å². The standard InChI is InChI=1S/C17H14BrN3O4/c1-23-10-7-8-12(14(9-10)24-2)16-20-21-17(25-16)19-15(22)11-5-3-4-6-13(11)18/h3-9H,1-2H3,(H,19,21,22). The molecule has 0 fully saturated rings. The van der Waals surface area contributed by atoms with E-state index in [0.717, 1.165) is 0 Å². The summed E-state index contributed by atoms with van der Waals surface area (Å²) in [6.45, 7) is 0. The van der Waals surface area contributed by atoms with Gasteiger partial charge < -0.3 is 13.9 Å². The fourth-order valence-corrected chi connectivity index (χ4v) is 2.63. The highest BCUT2D eigenvalue weighted by Crippen LogP contribution is 2.33. The SMILES string of the molecule is COc1ccc(-c2nnc(NC(=O)c3ccccc3Br)o2)c(OC)c1. The van der Waals surface area contributed by atoms with Crippen LogP contribution in [0.4, 0.5) is 6.01 Å². The van der Waals surface area contributed by atoms with Crippen molar-refractivity contribution in [3.8, 4) is 23.0 Å². The smallest absolute Gasteiger partial charge is 0.322 e. The Kier molecular flexibility index (Phi) is 4.99. The first kappa shape index (κ1) is 17.0. The predicted molar refractivity (Wildman–Crippen MR) is 94.9 cm³/mol. The summed E-state index contributed by atoms with van der Waals surface area (Å²) < 4.78 is 16.7. The number of methoxy groups -OCH3 is 2. The van der Waals surface area contributed by atoms with Gasteiger partial charge in [-0.05, 0) is 40.2 Å². The van der Waals surface area contributed by atoms with Crippen LogP contribution >= 0.6 is 15.9 Å². The normalized spacial score (nSPS) is 10.4. The summed E-state index contributed by atoms with van der Waals surface area (Å²) in [5.74, 6) is 1.03. The van der Waals surface area contributed by atoms with E-state index in [2.05, 4.69) is 31.4 Å². The molecule has 0 aliphatic carbocycles. The minimum absolute atomic E-state index is 0.00590. The summed E-state index contributed by atoms with van der Waals surface area (Å²) >= 11 is 3.33. The zero-order valence-corrected chi connectivity index (χ0v) is 15.0. The maximum Gasteiger partial charge on any atom is 0.322 e. The zero-order chi connectivity index (χ0) is 17.8. The largest absolute Gasteiger partial charge is 0.497 e. The van der Waals surface area contributed by atoms with Crippen molar-refractivity contribution in [2.45, 2.75) is 0 Å². The molecule has 7 nitrogen and oxygen atoms in total. The van der Waals surface area contributed by atoms with Crippen LogP contribution in [0.1, 0.15) is 10.4 Å². The molecule has 1 heterocycles. The summed E-state index contributed by atoms with van der Waals surface area (Å²) in [7, 11) is 3.10. The Balaban J connectivity index is 1.84. The number of anilines is 1. The van der Waals surface area contributed by atoms with E-state index in [-0.39, 0.29) is 17.8 Å². The predicted octanol–water partition coefficient (Wildman–Crippen LogP) is 3.77. The Morgan fingerprint density at radius 2 is 1.92 bits per heavy atom. The molecule has 1 aromatic heterocycles.